The summed E-state index contributed by atoms with van der Waals surface area (Å²) >= 11 is 5.91. The molecule has 0 heterocycles. The molecule has 3 N–H and O–H groups in total. The number of nitrogens with zero attached hydrogens (tertiary/aromatic N) is 2. The lowest BCUT2D eigenvalue weighted by molar-refractivity contribution is -1.20. The smallest absolute Gasteiger partial charge is 0.318 e. The Labute approximate surface area is 197 Å². The van der Waals surface area contributed by atoms with Gasteiger partial charge in [-0.1, -0.05) is 31.4 Å². The predicted molar refractivity (Wildman–Crippen MR) is 125 cm³/mol. The quantitative estimate of drug-likeness (QED) is 0.152. The van der Waals surface area contributed by atoms with E-state index >= 15 is 0 Å². The van der Waals surface area contributed by atoms with Gasteiger partial charge in [0.05, 0.1) is 23.3 Å². The topological polar surface area (TPSA) is 91.2 Å². The zero-order chi connectivity index (χ0) is 24.6. The highest BCUT2D eigenvalue weighted by atomic mass is 35.5. The molecule has 2 aromatic rings. The molecule has 2 rings (SSSR count). The van der Waals surface area contributed by atoms with Crippen molar-refractivity contribution in [3.05, 3.63) is 70.3 Å². The summed E-state index contributed by atoms with van der Waals surface area (Å²) in [5, 5.41) is 22.0. The standard InChI is InChI=1S/C24H25ClFN3O4/c1-5-16(3)21(12-9-17-7-10-19(25)11-8-17)27-24(6-2)29(31,32)28-22-14-20(26)18(15-30)13-23(22)33-4/h6-8,10-11,13-16,31-32H,5H2,1-4H3/p+1/b24-6+,27-21-. The Morgan fingerprint density at radius 2 is 2.00 bits per heavy atom. The highest BCUT2D eigenvalue weighted by Crippen LogP contribution is 2.30. The second-order valence-corrected chi connectivity index (χ2v) is 7.55. The number of aliphatic imine (C=N–C) groups is 1. The van der Waals surface area contributed by atoms with Crippen LogP contribution in [0.25, 0.3) is 0 Å². The third-order valence-corrected chi connectivity index (χ3v) is 5.05. The van der Waals surface area contributed by atoms with Gasteiger partial charge in [0.15, 0.2) is 6.29 Å². The van der Waals surface area contributed by atoms with Crippen LogP contribution in [0.3, 0.4) is 0 Å². The van der Waals surface area contributed by atoms with Gasteiger partial charge in [0.2, 0.25) is 0 Å². The van der Waals surface area contributed by atoms with Gasteiger partial charge in [0.25, 0.3) is 0 Å². The number of nitrogens with one attached hydrogen (secondary N) is 1. The lowest BCUT2D eigenvalue weighted by atomic mass is 10.0. The maximum Gasteiger partial charge on any atom is 0.318 e. The molecule has 0 radical (unpaired) electrons. The fourth-order valence-electron chi connectivity index (χ4n) is 2.70. The Bertz CT molecular complexity index is 1120. The number of allylic oxidation sites excluding steroid dienone is 1. The van der Waals surface area contributed by atoms with Crippen molar-refractivity contribution < 1.29 is 29.3 Å². The molecule has 0 spiro atoms. The summed E-state index contributed by atoms with van der Waals surface area (Å²) in [6.45, 7) is 5.43. The summed E-state index contributed by atoms with van der Waals surface area (Å²) in [5.41, 5.74) is 3.16. The SMILES string of the molecule is C/C=C(\N=C(\C#Cc1ccc(Cl)cc1)C(C)CC)[N+](O)(O)Nc1cc(F)c(C=O)cc1OC. The third-order valence-electron chi connectivity index (χ3n) is 4.79. The molecule has 0 aliphatic rings. The van der Waals surface area contributed by atoms with Gasteiger partial charge in [-0.2, -0.15) is 10.4 Å². The van der Waals surface area contributed by atoms with Crippen LogP contribution in [0.15, 0.2) is 53.3 Å². The molecule has 0 aliphatic carbocycles. The number of carbonyl (C=O) groups is 1. The minimum atomic E-state index is -1.91. The second-order valence-electron chi connectivity index (χ2n) is 7.12. The molecule has 2 aromatic carbocycles. The van der Waals surface area contributed by atoms with E-state index in [-0.39, 0.29) is 28.7 Å². The number of hydrogen-bond acceptors (Lipinski definition) is 6. The lowest BCUT2D eigenvalue weighted by Crippen LogP contribution is -2.45. The van der Waals surface area contributed by atoms with E-state index in [9.17, 15) is 19.6 Å². The molecule has 1 atom stereocenters. The van der Waals surface area contributed by atoms with Gasteiger partial charge < -0.3 is 4.74 Å². The van der Waals surface area contributed by atoms with Crippen molar-refractivity contribution in [2.24, 2.45) is 10.9 Å². The van der Waals surface area contributed by atoms with E-state index in [2.05, 4.69) is 22.3 Å². The zero-order valence-electron chi connectivity index (χ0n) is 18.8. The van der Waals surface area contributed by atoms with Crippen molar-refractivity contribution in [3.8, 4) is 17.6 Å². The Hall–Kier alpha value is -3.22. The highest BCUT2D eigenvalue weighted by Gasteiger charge is 2.33. The number of rotatable bonds is 8. The molecular weight excluding hydrogens is 449 g/mol. The van der Waals surface area contributed by atoms with E-state index in [0.29, 0.717) is 23.4 Å². The van der Waals surface area contributed by atoms with Crippen LogP contribution in [-0.4, -0.2) is 34.4 Å². The van der Waals surface area contributed by atoms with Gasteiger partial charge in [0.1, 0.15) is 17.3 Å². The summed E-state index contributed by atoms with van der Waals surface area (Å²) in [6.07, 6.45) is 2.42. The van der Waals surface area contributed by atoms with Crippen molar-refractivity contribution >= 4 is 29.3 Å². The molecule has 7 nitrogen and oxygen atoms in total. The Morgan fingerprint density at radius 1 is 1.33 bits per heavy atom. The van der Waals surface area contributed by atoms with Gasteiger partial charge in [-0.3, -0.25) is 4.79 Å². The minimum Gasteiger partial charge on any atom is -0.494 e. The average molecular weight is 475 g/mol. The van der Waals surface area contributed by atoms with E-state index < -0.39 is 10.7 Å². The summed E-state index contributed by atoms with van der Waals surface area (Å²) in [7, 11) is 1.30. The number of anilines is 1. The largest absolute Gasteiger partial charge is 0.494 e. The summed E-state index contributed by atoms with van der Waals surface area (Å²) in [5.74, 6) is 4.87. The molecule has 1 unspecified atom stereocenters. The first kappa shape index (κ1) is 26.0. The van der Waals surface area contributed by atoms with Gasteiger partial charge in [-0.25, -0.2) is 4.39 Å². The number of hydrogen-bond donors (Lipinski definition) is 3. The fourth-order valence-corrected chi connectivity index (χ4v) is 2.83. The first-order chi connectivity index (χ1) is 15.6. The summed E-state index contributed by atoms with van der Waals surface area (Å²) in [4.78, 5) is 13.4. The number of hydroxylamine groups is 2. The molecule has 0 saturated heterocycles. The number of carbonyl (C=O) groups excluding carboxylic acids is 1. The van der Waals surface area contributed by atoms with Crippen LogP contribution in [0.5, 0.6) is 5.75 Å². The molecule has 0 aromatic heterocycles. The monoisotopic (exact) mass is 474 g/mol. The third kappa shape index (κ3) is 6.88. The van der Waals surface area contributed by atoms with Crippen molar-refractivity contribution in [2.45, 2.75) is 27.2 Å². The van der Waals surface area contributed by atoms with Gasteiger partial charge >= 0.3 is 5.82 Å². The van der Waals surface area contributed by atoms with Crippen LogP contribution in [0, 0.1) is 23.6 Å². The van der Waals surface area contributed by atoms with Crippen molar-refractivity contribution in [2.75, 3.05) is 12.5 Å². The average Bonchev–Trinajstić information content (AvgIpc) is 2.79. The number of quaternary nitrogens is 1. The van der Waals surface area contributed by atoms with Crippen molar-refractivity contribution in [3.63, 3.8) is 0 Å². The summed E-state index contributed by atoms with van der Waals surface area (Å²) < 4.78 is 19.2. The van der Waals surface area contributed by atoms with Crippen LogP contribution >= 0.6 is 11.6 Å². The maximum atomic E-state index is 14.1. The molecule has 0 bridgehead atoms. The Balaban J connectivity index is 2.43. The number of ether oxygens (including phenoxy) is 1. The van der Waals surface area contributed by atoms with Crippen molar-refractivity contribution in [1.29, 1.82) is 0 Å². The zero-order valence-corrected chi connectivity index (χ0v) is 19.5. The maximum absolute atomic E-state index is 14.1. The van der Waals surface area contributed by atoms with Crippen molar-refractivity contribution in [1.82, 2.24) is 0 Å². The molecule has 9 heteroatoms. The van der Waals surface area contributed by atoms with E-state index in [0.717, 1.165) is 17.7 Å². The van der Waals surface area contributed by atoms with Crippen LogP contribution in [0.4, 0.5) is 10.1 Å². The van der Waals surface area contributed by atoms with E-state index in [1.807, 2.05) is 13.8 Å². The Kier molecular flexibility index (Phi) is 9.14. The molecular formula is C24H26ClFN3O4+. The minimum absolute atomic E-state index is 0.0354. The molecule has 0 aliphatic heterocycles. The fraction of sp³-hybridized carbons (Fsp3) is 0.250. The first-order valence-electron chi connectivity index (χ1n) is 10.1. The van der Waals surface area contributed by atoms with Gasteiger partial charge in [-0.15, -0.1) is 10.4 Å². The van der Waals surface area contributed by atoms with E-state index in [1.165, 1.54) is 13.2 Å². The molecule has 0 saturated carbocycles. The number of methoxy groups -OCH3 is 1. The number of halogens is 2. The van der Waals surface area contributed by atoms with Gasteiger partial charge in [-0.05, 0) is 49.6 Å². The number of aldehydes is 1. The normalized spacial score (nSPS) is 13.1. The van der Waals surface area contributed by atoms with Crippen LogP contribution in [-0.2, 0) is 0 Å². The summed E-state index contributed by atoms with van der Waals surface area (Å²) in [6, 6.07) is 9.05. The number of benzene rings is 2. The molecule has 0 fully saturated rings. The van der Waals surface area contributed by atoms with Crippen LogP contribution < -0.4 is 10.2 Å². The molecule has 174 valence electrons. The van der Waals surface area contributed by atoms with E-state index in [1.54, 1.807) is 31.2 Å². The molecule has 33 heavy (non-hydrogen) atoms. The second kappa shape index (κ2) is 11.6. The lowest BCUT2D eigenvalue weighted by Gasteiger charge is -2.23. The predicted octanol–water partition coefficient (Wildman–Crippen LogP) is 5.62. The first-order valence-corrected chi connectivity index (χ1v) is 10.5. The molecule has 0 amide bonds. The Morgan fingerprint density at radius 3 is 2.55 bits per heavy atom. The van der Waals surface area contributed by atoms with Gasteiger partial charge in [0, 0.05) is 28.6 Å². The van der Waals surface area contributed by atoms with E-state index in [4.69, 9.17) is 16.3 Å². The highest BCUT2D eigenvalue weighted by molar-refractivity contribution is 6.30. The van der Waals surface area contributed by atoms with Crippen LogP contribution in [0.2, 0.25) is 5.02 Å². The van der Waals surface area contributed by atoms with Crippen LogP contribution in [0.1, 0.15) is 43.1 Å².